The Morgan fingerprint density at radius 2 is 1.88 bits per heavy atom. The predicted octanol–water partition coefficient (Wildman–Crippen LogP) is 2.25. The van der Waals surface area contributed by atoms with Crippen LogP contribution in [0.25, 0.3) is 0 Å². The van der Waals surface area contributed by atoms with Gasteiger partial charge in [0.05, 0.1) is 14.2 Å². The molecule has 1 aliphatic rings. The Bertz CT molecular complexity index is 634. The van der Waals surface area contributed by atoms with Gasteiger partial charge in [-0.05, 0) is 50.0 Å². The van der Waals surface area contributed by atoms with E-state index in [2.05, 4.69) is 5.32 Å². The fourth-order valence-corrected chi connectivity index (χ4v) is 2.92. The Hall–Kier alpha value is -2.50. The zero-order valence-electron chi connectivity index (χ0n) is 15.1. The molecule has 6 heteroatoms. The summed E-state index contributed by atoms with van der Waals surface area (Å²) in [5.41, 5.74) is 0.540. The summed E-state index contributed by atoms with van der Waals surface area (Å²) in [5.74, 6) is 1.45. The van der Waals surface area contributed by atoms with Gasteiger partial charge in [0.2, 0.25) is 5.91 Å². The maximum atomic E-state index is 12.3. The molecule has 0 unspecified atom stereocenters. The zero-order valence-corrected chi connectivity index (χ0v) is 15.1. The molecule has 1 aliphatic heterocycles. The number of likely N-dealkylation sites (tertiary alicyclic amines) is 1. The zero-order chi connectivity index (χ0) is 18.2. The van der Waals surface area contributed by atoms with Crippen LogP contribution in [0.4, 0.5) is 0 Å². The Kier molecular flexibility index (Phi) is 6.86. The van der Waals surface area contributed by atoms with Gasteiger partial charge >= 0.3 is 0 Å². The number of rotatable bonds is 6. The topological polar surface area (TPSA) is 67.9 Å². The van der Waals surface area contributed by atoms with Crippen molar-refractivity contribution >= 4 is 11.8 Å². The van der Waals surface area contributed by atoms with Gasteiger partial charge < -0.3 is 19.7 Å². The summed E-state index contributed by atoms with van der Waals surface area (Å²) in [6.07, 6.45) is 5.15. The Morgan fingerprint density at radius 1 is 1.20 bits per heavy atom. The number of benzene rings is 1. The first-order valence-corrected chi connectivity index (χ1v) is 8.50. The highest BCUT2D eigenvalue weighted by atomic mass is 16.5. The molecule has 1 saturated heterocycles. The summed E-state index contributed by atoms with van der Waals surface area (Å²) in [6.45, 7) is 3.92. The smallest absolute Gasteiger partial charge is 0.251 e. The van der Waals surface area contributed by atoms with Gasteiger partial charge in [-0.2, -0.15) is 0 Å². The molecular weight excluding hydrogens is 320 g/mol. The number of hydrogen-bond donors (Lipinski definition) is 1. The first-order chi connectivity index (χ1) is 12.1. The lowest BCUT2D eigenvalue weighted by atomic mass is 9.96. The van der Waals surface area contributed by atoms with Crippen LogP contribution < -0.4 is 14.8 Å². The second-order valence-electron chi connectivity index (χ2n) is 6.05. The highest BCUT2D eigenvalue weighted by Gasteiger charge is 2.22. The number of nitrogens with one attached hydrogen (secondary N) is 1. The number of piperidine rings is 1. The SMILES string of the molecule is C/C=C/C(=O)N1CCC(CNC(=O)c2ccc(OC)c(OC)c2)CC1. The molecule has 1 fully saturated rings. The van der Waals surface area contributed by atoms with Crippen molar-refractivity contribution in [1.82, 2.24) is 10.2 Å². The second kappa shape index (κ2) is 9.11. The van der Waals surface area contributed by atoms with Crippen molar-refractivity contribution in [2.24, 2.45) is 5.92 Å². The molecule has 0 aliphatic carbocycles. The second-order valence-corrected chi connectivity index (χ2v) is 6.05. The maximum Gasteiger partial charge on any atom is 0.251 e. The maximum absolute atomic E-state index is 12.3. The standard InChI is InChI=1S/C19H26N2O4/c1-4-5-18(22)21-10-8-14(9-11-21)13-20-19(23)15-6-7-16(24-2)17(12-15)25-3/h4-7,12,14H,8-11,13H2,1-3H3,(H,20,23)/b5-4+. The Labute approximate surface area is 148 Å². The van der Waals surface area contributed by atoms with Crippen molar-refractivity contribution in [3.63, 3.8) is 0 Å². The van der Waals surface area contributed by atoms with Gasteiger partial charge in [0.1, 0.15) is 0 Å². The lowest BCUT2D eigenvalue weighted by molar-refractivity contribution is -0.127. The van der Waals surface area contributed by atoms with Gasteiger partial charge in [-0.3, -0.25) is 9.59 Å². The third-order valence-corrected chi connectivity index (χ3v) is 4.43. The molecule has 0 atom stereocenters. The van der Waals surface area contributed by atoms with Crippen LogP contribution in [0.3, 0.4) is 0 Å². The van der Waals surface area contributed by atoms with Crippen LogP contribution in [0.1, 0.15) is 30.1 Å². The van der Waals surface area contributed by atoms with E-state index in [1.54, 1.807) is 44.6 Å². The summed E-state index contributed by atoms with van der Waals surface area (Å²) in [6, 6.07) is 5.11. The van der Waals surface area contributed by atoms with E-state index in [1.165, 1.54) is 0 Å². The third-order valence-electron chi connectivity index (χ3n) is 4.43. The number of ether oxygens (including phenoxy) is 2. The average Bonchev–Trinajstić information content (AvgIpc) is 2.66. The van der Waals surface area contributed by atoms with Gasteiger partial charge in [0.15, 0.2) is 11.5 Å². The summed E-state index contributed by atoms with van der Waals surface area (Å²) in [5, 5.41) is 2.97. The van der Waals surface area contributed by atoms with E-state index in [4.69, 9.17) is 9.47 Å². The molecular formula is C19H26N2O4. The number of methoxy groups -OCH3 is 2. The average molecular weight is 346 g/mol. The summed E-state index contributed by atoms with van der Waals surface area (Å²) >= 11 is 0. The van der Waals surface area contributed by atoms with Gasteiger partial charge in [0, 0.05) is 25.2 Å². The monoisotopic (exact) mass is 346 g/mol. The van der Waals surface area contributed by atoms with E-state index >= 15 is 0 Å². The predicted molar refractivity (Wildman–Crippen MR) is 96.0 cm³/mol. The molecule has 0 aromatic heterocycles. The van der Waals surface area contributed by atoms with Crippen molar-refractivity contribution in [3.8, 4) is 11.5 Å². The van der Waals surface area contributed by atoms with Gasteiger partial charge in [-0.1, -0.05) is 6.08 Å². The largest absolute Gasteiger partial charge is 0.493 e. The normalized spacial score (nSPS) is 15.2. The summed E-state index contributed by atoms with van der Waals surface area (Å²) in [4.78, 5) is 26.0. The van der Waals surface area contributed by atoms with Crippen LogP contribution in [-0.2, 0) is 4.79 Å². The van der Waals surface area contributed by atoms with Crippen molar-refractivity contribution < 1.29 is 19.1 Å². The number of amides is 2. The van der Waals surface area contributed by atoms with Gasteiger partial charge in [0.25, 0.3) is 5.91 Å². The molecule has 0 bridgehead atoms. The number of carbonyl (C=O) groups excluding carboxylic acids is 2. The first kappa shape index (κ1) is 18.8. The summed E-state index contributed by atoms with van der Waals surface area (Å²) < 4.78 is 10.4. The van der Waals surface area contributed by atoms with Crippen LogP contribution in [0.15, 0.2) is 30.4 Å². The van der Waals surface area contributed by atoms with Crippen molar-refractivity contribution in [3.05, 3.63) is 35.9 Å². The van der Waals surface area contributed by atoms with E-state index in [0.717, 1.165) is 25.9 Å². The number of hydrogen-bond acceptors (Lipinski definition) is 4. The van der Waals surface area contributed by atoms with Crippen molar-refractivity contribution in [1.29, 1.82) is 0 Å². The van der Waals surface area contributed by atoms with Crippen LogP contribution in [0, 0.1) is 5.92 Å². The minimum Gasteiger partial charge on any atom is -0.493 e. The minimum absolute atomic E-state index is 0.0651. The number of allylic oxidation sites excluding steroid dienone is 1. The highest BCUT2D eigenvalue weighted by Crippen LogP contribution is 2.27. The van der Waals surface area contributed by atoms with Crippen molar-refractivity contribution in [2.75, 3.05) is 33.9 Å². The lowest BCUT2D eigenvalue weighted by Gasteiger charge is -2.31. The van der Waals surface area contributed by atoms with Crippen LogP contribution in [0.2, 0.25) is 0 Å². The van der Waals surface area contributed by atoms with E-state index in [0.29, 0.717) is 29.5 Å². The van der Waals surface area contributed by atoms with Crippen LogP contribution in [0.5, 0.6) is 11.5 Å². The summed E-state index contributed by atoms with van der Waals surface area (Å²) in [7, 11) is 3.10. The van der Waals surface area contributed by atoms with Crippen LogP contribution >= 0.6 is 0 Å². The van der Waals surface area contributed by atoms with E-state index in [-0.39, 0.29) is 11.8 Å². The van der Waals surface area contributed by atoms with E-state index < -0.39 is 0 Å². The lowest BCUT2D eigenvalue weighted by Crippen LogP contribution is -2.41. The highest BCUT2D eigenvalue weighted by molar-refractivity contribution is 5.94. The number of nitrogens with zero attached hydrogens (tertiary/aromatic N) is 1. The molecule has 1 heterocycles. The van der Waals surface area contributed by atoms with E-state index in [9.17, 15) is 9.59 Å². The van der Waals surface area contributed by atoms with Gasteiger partial charge in [-0.25, -0.2) is 0 Å². The van der Waals surface area contributed by atoms with Crippen LogP contribution in [-0.4, -0.2) is 50.6 Å². The van der Waals surface area contributed by atoms with Crippen molar-refractivity contribution in [2.45, 2.75) is 19.8 Å². The Balaban J connectivity index is 1.84. The third kappa shape index (κ3) is 4.98. The fourth-order valence-electron chi connectivity index (χ4n) is 2.92. The molecule has 1 aromatic carbocycles. The minimum atomic E-state index is -0.131. The first-order valence-electron chi connectivity index (χ1n) is 8.50. The molecule has 2 rings (SSSR count). The fraction of sp³-hybridized carbons (Fsp3) is 0.474. The molecule has 1 aromatic rings. The van der Waals surface area contributed by atoms with Gasteiger partial charge in [-0.15, -0.1) is 0 Å². The molecule has 136 valence electrons. The molecule has 0 spiro atoms. The molecule has 6 nitrogen and oxygen atoms in total. The van der Waals surface area contributed by atoms with E-state index in [1.807, 2.05) is 11.8 Å². The molecule has 0 saturated carbocycles. The molecule has 25 heavy (non-hydrogen) atoms. The molecule has 2 amide bonds. The Morgan fingerprint density at radius 3 is 2.48 bits per heavy atom. The number of carbonyl (C=O) groups is 2. The quantitative estimate of drug-likeness (QED) is 0.802. The molecule has 1 N–H and O–H groups in total. The molecule has 0 radical (unpaired) electrons.